The van der Waals surface area contributed by atoms with Gasteiger partial charge < -0.3 is 10.6 Å². The minimum Gasteiger partial charge on any atom is -0.350 e. The summed E-state index contributed by atoms with van der Waals surface area (Å²) in [6.45, 7) is 4.09. The molecule has 0 aliphatic rings. The minimum atomic E-state index is -0.298. The summed E-state index contributed by atoms with van der Waals surface area (Å²) in [7, 11) is 0. The molecule has 1 aromatic carbocycles. The Morgan fingerprint density at radius 3 is 2.57 bits per heavy atom. The van der Waals surface area contributed by atoms with Crippen LogP contribution >= 0.6 is 15.9 Å². The van der Waals surface area contributed by atoms with Crippen LogP contribution in [0.25, 0.3) is 10.9 Å². The quantitative estimate of drug-likeness (QED) is 0.641. The fourth-order valence-electron chi connectivity index (χ4n) is 1.73. The molecule has 0 fully saturated rings. The number of benzene rings is 1. The lowest BCUT2D eigenvalue weighted by atomic mass is 10.2. The van der Waals surface area contributed by atoms with Crippen molar-refractivity contribution in [2.45, 2.75) is 0 Å². The molecule has 2 rings (SSSR count). The second-order valence-corrected chi connectivity index (χ2v) is 5.26. The maximum absolute atomic E-state index is 12.0. The normalized spacial score (nSPS) is 10.1. The second-order valence-electron chi connectivity index (χ2n) is 4.31. The maximum Gasteiger partial charge on any atom is 0.269 e. The lowest BCUT2D eigenvalue weighted by molar-refractivity contribution is -0.116. The van der Waals surface area contributed by atoms with Crippen LogP contribution < -0.4 is 10.6 Å². The topological polar surface area (TPSA) is 71.1 Å². The Kier molecular flexibility index (Phi) is 5.05. The van der Waals surface area contributed by atoms with Crippen LogP contribution in [-0.2, 0) is 4.79 Å². The fraction of sp³-hybridized carbons (Fsp3) is 0.133. The lowest BCUT2D eigenvalue weighted by Crippen LogP contribution is -2.34. The Morgan fingerprint density at radius 2 is 1.81 bits per heavy atom. The number of carbonyl (C=O) groups excluding carboxylic acids is 2. The van der Waals surface area contributed by atoms with E-state index in [0.29, 0.717) is 18.8 Å². The SMILES string of the molecule is C=C(Br)C(=O)NCCNC(=O)c1ccc2ccccc2n1. The summed E-state index contributed by atoms with van der Waals surface area (Å²) in [5.41, 5.74) is 1.12. The molecule has 108 valence electrons. The second kappa shape index (κ2) is 6.99. The Balaban J connectivity index is 1.90. The Bertz CT molecular complexity index is 700. The van der Waals surface area contributed by atoms with E-state index in [1.54, 1.807) is 6.07 Å². The van der Waals surface area contributed by atoms with E-state index in [0.717, 1.165) is 10.9 Å². The number of amides is 2. The van der Waals surface area contributed by atoms with Crippen LogP contribution in [0.15, 0.2) is 47.5 Å². The highest BCUT2D eigenvalue weighted by Gasteiger charge is 2.08. The van der Waals surface area contributed by atoms with Crippen molar-refractivity contribution < 1.29 is 9.59 Å². The van der Waals surface area contributed by atoms with E-state index in [4.69, 9.17) is 0 Å². The highest BCUT2D eigenvalue weighted by molar-refractivity contribution is 9.12. The van der Waals surface area contributed by atoms with Crippen molar-refractivity contribution in [3.63, 3.8) is 0 Å². The molecule has 0 saturated carbocycles. The summed E-state index contributed by atoms with van der Waals surface area (Å²) in [5.74, 6) is -0.569. The highest BCUT2D eigenvalue weighted by Crippen LogP contribution is 2.11. The number of carbonyl (C=O) groups is 2. The van der Waals surface area contributed by atoms with Crippen molar-refractivity contribution in [1.82, 2.24) is 15.6 Å². The molecule has 6 heteroatoms. The number of aromatic nitrogens is 1. The molecule has 5 nitrogen and oxygen atoms in total. The molecule has 2 amide bonds. The third-order valence-electron chi connectivity index (χ3n) is 2.77. The molecule has 0 aliphatic heterocycles. The van der Waals surface area contributed by atoms with Crippen molar-refractivity contribution in [3.8, 4) is 0 Å². The summed E-state index contributed by atoms with van der Waals surface area (Å²) in [5, 5.41) is 6.28. The summed E-state index contributed by atoms with van der Waals surface area (Å²) in [4.78, 5) is 27.5. The number of halogens is 1. The number of fused-ring (bicyclic) bond motifs is 1. The minimum absolute atomic E-state index is 0.255. The van der Waals surface area contributed by atoms with Gasteiger partial charge in [-0.2, -0.15) is 0 Å². The molecular formula is C15H14BrN3O2. The molecule has 1 heterocycles. The summed E-state index contributed by atoms with van der Waals surface area (Å²) < 4.78 is 0.255. The van der Waals surface area contributed by atoms with Gasteiger partial charge in [-0.15, -0.1) is 0 Å². The number of para-hydroxylation sites is 1. The average molecular weight is 348 g/mol. The Morgan fingerprint density at radius 1 is 1.10 bits per heavy atom. The lowest BCUT2D eigenvalue weighted by Gasteiger charge is -2.06. The van der Waals surface area contributed by atoms with Crippen molar-refractivity contribution >= 4 is 38.6 Å². The first-order valence-electron chi connectivity index (χ1n) is 6.34. The van der Waals surface area contributed by atoms with Gasteiger partial charge in [0, 0.05) is 18.5 Å². The standard InChI is InChI=1S/C15H14BrN3O2/c1-10(16)14(20)17-8-9-18-15(21)13-7-6-11-4-2-3-5-12(11)19-13/h2-7H,1,8-9H2,(H,17,20)(H,18,21). The first kappa shape index (κ1) is 15.2. The number of rotatable bonds is 5. The smallest absolute Gasteiger partial charge is 0.269 e. The first-order chi connectivity index (χ1) is 10.1. The van der Waals surface area contributed by atoms with Crippen molar-refractivity contribution in [2.24, 2.45) is 0 Å². The average Bonchev–Trinajstić information content (AvgIpc) is 2.50. The van der Waals surface area contributed by atoms with E-state index in [-0.39, 0.29) is 16.3 Å². The third kappa shape index (κ3) is 4.13. The van der Waals surface area contributed by atoms with Gasteiger partial charge in [0.2, 0.25) is 0 Å². The molecule has 2 N–H and O–H groups in total. The zero-order valence-corrected chi connectivity index (χ0v) is 12.8. The maximum atomic E-state index is 12.0. The zero-order chi connectivity index (χ0) is 15.2. The molecule has 0 saturated heterocycles. The Hall–Kier alpha value is -2.21. The molecule has 1 aromatic heterocycles. The summed E-state index contributed by atoms with van der Waals surface area (Å²) >= 11 is 2.98. The molecule has 0 radical (unpaired) electrons. The monoisotopic (exact) mass is 347 g/mol. The number of hydrogen-bond acceptors (Lipinski definition) is 3. The summed E-state index contributed by atoms with van der Waals surface area (Å²) in [6, 6.07) is 11.1. The third-order valence-corrected chi connectivity index (χ3v) is 3.13. The first-order valence-corrected chi connectivity index (χ1v) is 7.14. The van der Waals surface area contributed by atoms with E-state index in [9.17, 15) is 9.59 Å². The van der Waals surface area contributed by atoms with Gasteiger partial charge in [0.05, 0.1) is 10.00 Å². The molecular weight excluding hydrogens is 334 g/mol. The van der Waals surface area contributed by atoms with E-state index in [1.807, 2.05) is 30.3 Å². The molecule has 0 aliphatic carbocycles. The van der Waals surface area contributed by atoms with Crippen LogP contribution in [0, 0.1) is 0 Å². The van der Waals surface area contributed by atoms with Gasteiger partial charge in [0.1, 0.15) is 5.69 Å². The van der Waals surface area contributed by atoms with Crippen LogP contribution in [0.5, 0.6) is 0 Å². The molecule has 0 bridgehead atoms. The van der Waals surface area contributed by atoms with Crippen LogP contribution in [0.3, 0.4) is 0 Å². The van der Waals surface area contributed by atoms with Gasteiger partial charge >= 0.3 is 0 Å². The number of nitrogens with one attached hydrogen (secondary N) is 2. The molecule has 0 atom stereocenters. The van der Waals surface area contributed by atoms with Crippen LogP contribution in [0.2, 0.25) is 0 Å². The van der Waals surface area contributed by atoms with Gasteiger partial charge in [0.15, 0.2) is 0 Å². The molecule has 21 heavy (non-hydrogen) atoms. The van der Waals surface area contributed by atoms with Gasteiger partial charge in [-0.25, -0.2) is 4.98 Å². The largest absolute Gasteiger partial charge is 0.350 e. The molecule has 2 aromatic rings. The van der Waals surface area contributed by atoms with Gasteiger partial charge in [0.25, 0.3) is 11.8 Å². The predicted octanol–water partition coefficient (Wildman–Crippen LogP) is 1.99. The van der Waals surface area contributed by atoms with Crippen LogP contribution in [-0.4, -0.2) is 29.9 Å². The van der Waals surface area contributed by atoms with Gasteiger partial charge in [-0.3, -0.25) is 9.59 Å². The van der Waals surface area contributed by atoms with Crippen LogP contribution in [0.4, 0.5) is 0 Å². The molecule has 0 spiro atoms. The predicted molar refractivity (Wildman–Crippen MR) is 85.2 cm³/mol. The number of pyridine rings is 1. The summed E-state index contributed by atoms with van der Waals surface area (Å²) in [6.07, 6.45) is 0. The molecule has 0 unspecified atom stereocenters. The van der Waals surface area contributed by atoms with Gasteiger partial charge in [-0.1, -0.05) is 30.8 Å². The highest BCUT2D eigenvalue weighted by atomic mass is 79.9. The van der Waals surface area contributed by atoms with E-state index >= 15 is 0 Å². The van der Waals surface area contributed by atoms with Crippen LogP contribution in [0.1, 0.15) is 10.5 Å². The van der Waals surface area contributed by atoms with Gasteiger partial charge in [-0.05, 0) is 28.1 Å². The number of nitrogens with zero attached hydrogens (tertiary/aromatic N) is 1. The van der Waals surface area contributed by atoms with Crippen molar-refractivity contribution in [2.75, 3.05) is 13.1 Å². The van der Waals surface area contributed by atoms with Crippen molar-refractivity contribution in [1.29, 1.82) is 0 Å². The van der Waals surface area contributed by atoms with Crippen molar-refractivity contribution in [3.05, 3.63) is 53.2 Å². The van der Waals surface area contributed by atoms with E-state index in [1.165, 1.54) is 0 Å². The fourth-order valence-corrected chi connectivity index (χ4v) is 1.87. The number of hydrogen-bond donors (Lipinski definition) is 2. The van der Waals surface area contributed by atoms with E-state index < -0.39 is 0 Å². The zero-order valence-electron chi connectivity index (χ0n) is 11.2. The Labute approximate surface area is 130 Å². The van der Waals surface area contributed by atoms with E-state index in [2.05, 4.69) is 38.1 Å².